The maximum Gasteiger partial charge on any atom is 0.264 e. The van der Waals surface area contributed by atoms with Crippen molar-refractivity contribution in [2.24, 2.45) is 0 Å². The van der Waals surface area contributed by atoms with Crippen LogP contribution in [-0.4, -0.2) is 31.2 Å². The number of amides is 1. The van der Waals surface area contributed by atoms with Gasteiger partial charge in [0.2, 0.25) is 0 Å². The highest BCUT2D eigenvalue weighted by Crippen LogP contribution is 2.25. The number of rotatable bonds is 6. The van der Waals surface area contributed by atoms with Gasteiger partial charge in [-0.3, -0.25) is 9.10 Å². The van der Waals surface area contributed by atoms with E-state index in [9.17, 15) is 13.2 Å². The maximum absolute atomic E-state index is 13.2. The average Bonchev–Trinajstić information content (AvgIpc) is 3.34. The molecule has 0 spiro atoms. The van der Waals surface area contributed by atoms with Crippen LogP contribution >= 0.6 is 0 Å². The number of carbonyl (C=O) groups excluding carboxylic acids is 1. The summed E-state index contributed by atoms with van der Waals surface area (Å²) in [5, 5.41) is 6.93. The van der Waals surface area contributed by atoms with Gasteiger partial charge in [-0.05, 0) is 54.6 Å². The molecule has 0 fully saturated rings. The second-order valence-corrected chi connectivity index (χ2v) is 8.69. The minimum atomic E-state index is -3.94. The number of nitrogens with one attached hydrogen (secondary N) is 1. The van der Waals surface area contributed by atoms with Crippen LogP contribution in [0.4, 0.5) is 11.4 Å². The van der Waals surface area contributed by atoms with Gasteiger partial charge < -0.3 is 5.32 Å². The summed E-state index contributed by atoms with van der Waals surface area (Å²) in [6, 6.07) is 23.8. The number of carbonyl (C=O) groups is 1. The second kappa shape index (κ2) is 8.45. The molecular weight excluding hydrogens is 412 g/mol. The summed E-state index contributed by atoms with van der Waals surface area (Å²) in [5.74, 6) is -0.507. The molecule has 0 saturated heterocycles. The van der Waals surface area contributed by atoms with E-state index in [4.69, 9.17) is 0 Å². The van der Waals surface area contributed by atoms with E-state index in [1.807, 2.05) is 30.5 Å². The number of sulfonamides is 1. The zero-order valence-corrected chi connectivity index (χ0v) is 17.5. The molecule has 156 valence electrons. The Balaban J connectivity index is 1.60. The first-order chi connectivity index (χ1) is 15.0. The summed E-state index contributed by atoms with van der Waals surface area (Å²) in [6.07, 6.45) is 3.50. The lowest BCUT2D eigenvalue weighted by Gasteiger charge is -2.21. The van der Waals surface area contributed by atoms with Crippen molar-refractivity contribution in [1.29, 1.82) is 0 Å². The van der Waals surface area contributed by atoms with Crippen LogP contribution < -0.4 is 9.62 Å². The zero-order valence-electron chi connectivity index (χ0n) is 16.7. The minimum absolute atomic E-state index is 0.0629. The monoisotopic (exact) mass is 432 g/mol. The van der Waals surface area contributed by atoms with Gasteiger partial charge in [0.25, 0.3) is 15.9 Å². The topological polar surface area (TPSA) is 84.3 Å². The molecule has 0 aliphatic heterocycles. The highest BCUT2D eigenvalue weighted by molar-refractivity contribution is 7.92. The van der Waals surface area contributed by atoms with Crippen molar-refractivity contribution in [3.63, 3.8) is 0 Å². The Kier molecular flexibility index (Phi) is 5.55. The number of hydrogen-bond donors (Lipinski definition) is 1. The van der Waals surface area contributed by atoms with Crippen molar-refractivity contribution in [3.05, 3.63) is 103 Å². The normalized spacial score (nSPS) is 11.1. The quantitative estimate of drug-likeness (QED) is 0.500. The summed E-state index contributed by atoms with van der Waals surface area (Å²) in [5.41, 5.74) is 1.97. The predicted octanol–water partition coefficient (Wildman–Crippen LogP) is 3.95. The highest BCUT2D eigenvalue weighted by atomic mass is 32.2. The largest absolute Gasteiger partial charge is 0.322 e. The van der Waals surface area contributed by atoms with Crippen molar-refractivity contribution in [2.75, 3.05) is 16.7 Å². The van der Waals surface area contributed by atoms with Gasteiger partial charge in [0.05, 0.1) is 16.9 Å². The van der Waals surface area contributed by atoms with Gasteiger partial charge >= 0.3 is 0 Å². The lowest BCUT2D eigenvalue weighted by atomic mass is 10.2. The van der Waals surface area contributed by atoms with E-state index in [0.29, 0.717) is 11.4 Å². The lowest BCUT2D eigenvalue weighted by molar-refractivity contribution is 0.102. The van der Waals surface area contributed by atoms with E-state index < -0.39 is 15.9 Å². The molecular formula is C23H20N4O3S. The van der Waals surface area contributed by atoms with Crippen molar-refractivity contribution in [1.82, 2.24) is 9.78 Å². The summed E-state index contributed by atoms with van der Waals surface area (Å²) < 4.78 is 29.3. The van der Waals surface area contributed by atoms with E-state index in [1.165, 1.54) is 19.2 Å². The Hall–Kier alpha value is -3.91. The number of para-hydroxylation sites is 1. The van der Waals surface area contributed by atoms with Gasteiger partial charge in [-0.2, -0.15) is 5.10 Å². The number of anilines is 2. The van der Waals surface area contributed by atoms with E-state index in [2.05, 4.69) is 10.4 Å². The Morgan fingerprint density at radius 2 is 1.58 bits per heavy atom. The first-order valence-corrected chi connectivity index (χ1v) is 11.0. The number of nitrogens with zero attached hydrogens (tertiary/aromatic N) is 3. The molecule has 1 amide bonds. The first-order valence-electron chi connectivity index (χ1n) is 9.51. The van der Waals surface area contributed by atoms with Crippen molar-refractivity contribution >= 4 is 27.3 Å². The molecule has 0 aliphatic carbocycles. The molecule has 0 radical (unpaired) electrons. The molecule has 3 aromatic carbocycles. The third-order valence-electron chi connectivity index (χ3n) is 4.78. The third kappa shape index (κ3) is 4.19. The summed E-state index contributed by atoms with van der Waals surface area (Å²) in [4.78, 5) is 12.9. The SMILES string of the molecule is CN(c1ccccc1)S(=O)(=O)c1ccccc1C(=O)Nc1ccc(-n2cccn2)cc1. The lowest BCUT2D eigenvalue weighted by Crippen LogP contribution is -2.28. The fourth-order valence-corrected chi connectivity index (χ4v) is 4.50. The van der Waals surface area contributed by atoms with E-state index in [0.717, 1.165) is 9.99 Å². The van der Waals surface area contributed by atoms with Crippen LogP contribution in [0.5, 0.6) is 0 Å². The van der Waals surface area contributed by atoms with Crippen LogP contribution in [0.1, 0.15) is 10.4 Å². The van der Waals surface area contributed by atoms with Crippen LogP contribution in [0.15, 0.2) is 102 Å². The van der Waals surface area contributed by atoms with Crippen LogP contribution in [0.2, 0.25) is 0 Å². The van der Waals surface area contributed by atoms with Crippen LogP contribution in [0.3, 0.4) is 0 Å². The summed E-state index contributed by atoms with van der Waals surface area (Å²) in [6.45, 7) is 0. The standard InChI is InChI=1S/C23H20N4O3S/c1-26(19-8-3-2-4-9-19)31(29,30)22-11-6-5-10-21(22)23(28)25-18-12-14-20(15-13-18)27-17-7-16-24-27/h2-17H,1H3,(H,25,28). The summed E-state index contributed by atoms with van der Waals surface area (Å²) in [7, 11) is -2.47. The van der Waals surface area contributed by atoms with Gasteiger partial charge in [0.15, 0.2) is 0 Å². The second-order valence-electron chi connectivity index (χ2n) is 6.76. The smallest absolute Gasteiger partial charge is 0.264 e. The van der Waals surface area contributed by atoms with Crippen LogP contribution in [0, 0.1) is 0 Å². The summed E-state index contributed by atoms with van der Waals surface area (Å²) >= 11 is 0. The van der Waals surface area contributed by atoms with Crippen molar-refractivity contribution in [2.45, 2.75) is 4.90 Å². The fourth-order valence-electron chi connectivity index (χ4n) is 3.12. The fraction of sp³-hybridized carbons (Fsp3) is 0.0435. The minimum Gasteiger partial charge on any atom is -0.322 e. The molecule has 4 aromatic rings. The van der Waals surface area contributed by atoms with E-state index in [-0.39, 0.29) is 10.5 Å². The Bertz CT molecular complexity index is 1290. The zero-order chi connectivity index (χ0) is 21.8. The Labute approximate surface area is 180 Å². The first kappa shape index (κ1) is 20.4. The van der Waals surface area contributed by atoms with Gasteiger partial charge in [-0.25, -0.2) is 13.1 Å². The predicted molar refractivity (Wildman–Crippen MR) is 120 cm³/mol. The van der Waals surface area contributed by atoms with Gasteiger partial charge in [0.1, 0.15) is 4.90 Å². The number of benzene rings is 3. The molecule has 0 aliphatic rings. The molecule has 0 saturated carbocycles. The van der Waals surface area contributed by atoms with Crippen molar-refractivity contribution in [3.8, 4) is 5.69 Å². The maximum atomic E-state index is 13.2. The molecule has 8 heteroatoms. The van der Waals surface area contributed by atoms with E-state index in [1.54, 1.807) is 59.4 Å². The van der Waals surface area contributed by atoms with Crippen molar-refractivity contribution < 1.29 is 13.2 Å². The molecule has 4 rings (SSSR count). The molecule has 1 N–H and O–H groups in total. The Morgan fingerprint density at radius 3 is 2.26 bits per heavy atom. The van der Waals surface area contributed by atoms with Crippen LogP contribution in [-0.2, 0) is 10.0 Å². The van der Waals surface area contributed by atoms with Gasteiger partial charge in [-0.1, -0.05) is 30.3 Å². The molecule has 7 nitrogen and oxygen atoms in total. The third-order valence-corrected chi connectivity index (χ3v) is 6.63. The Morgan fingerprint density at radius 1 is 0.903 bits per heavy atom. The van der Waals surface area contributed by atoms with Gasteiger partial charge in [0, 0.05) is 25.1 Å². The number of hydrogen-bond acceptors (Lipinski definition) is 4. The molecule has 0 bridgehead atoms. The number of aromatic nitrogens is 2. The highest BCUT2D eigenvalue weighted by Gasteiger charge is 2.26. The average molecular weight is 433 g/mol. The van der Waals surface area contributed by atoms with Crippen LogP contribution in [0.25, 0.3) is 5.69 Å². The molecule has 31 heavy (non-hydrogen) atoms. The van der Waals surface area contributed by atoms with E-state index >= 15 is 0 Å². The molecule has 0 atom stereocenters. The molecule has 0 unspecified atom stereocenters. The van der Waals surface area contributed by atoms with Gasteiger partial charge in [-0.15, -0.1) is 0 Å². The molecule has 1 aromatic heterocycles. The molecule has 1 heterocycles.